The van der Waals surface area contributed by atoms with Crippen LogP contribution < -0.4 is 5.32 Å². The minimum atomic E-state index is -3.48. The number of rotatable bonds is 5. The summed E-state index contributed by atoms with van der Waals surface area (Å²) in [7, 11) is -3.48. The first-order valence-corrected chi connectivity index (χ1v) is 10.7. The van der Waals surface area contributed by atoms with Crippen molar-refractivity contribution >= 4 is 22.0 Å². The number of sulfonamides is 1. The zero-order valence-corrected chi connectivity index (χ0v) is 15.7. The number of ether oxygens (including phenoxy) is 1. The van der Waals surface area contributed by atoms with E-state index in [9.17, 15) is 13.2 Å². The Hall–Kier alpha value is -1.70. The first kappa shape index (κ1) is 19.1. The Morgan fingerprint density at radius 1 is 1.08 bits per heavy atom. The smallest absolute Gasteiger partial charge is 0.244 e. The third-order valence-corrected chi connectivity index (χ3v) is 6.78. The maximum atomic E-state index is 12.6. The molecule has 0 radical (unpaired) electrons. The van der Waals surface area contributed by atoms with Crippen LogP contribution in [0.5, 0.6) is 0 Å². The lowest BCUT2D eigenvalue weighted by molar-refractivity contribution is -0.117. The van der Waals surface area contributed by atoms with Crippen LogP contribution in [0, 0.1) is 0 Å². The highest BCUT2D eigenvalue weighted by Crippen LogP contribution is 2.19. The number of hydrogen-bond acceptors (Lipinski definition) is 4. The predicted octanol–water partition coefficient (Wildman–Crippen LogP) is 2.17. The van der Waals surface area contributed by atoms with Crippen molar-refractivity contribution in [3.63, 3.8) is 0 Å². The predicted molar refractivity (Wildman–Crippen MR) is 100 cm³/mol. The normalized spacial score (nSPS) is 20.3. The van der Waals surface area contributed by atoms with E-state index in [0.717, 1.165) is 18.4 Å². The summed E-state index contributed by atoms with van der Waals surface area (Å²) in [5.74, 6) is -0.0954. The molecular formula is C19H26N2O4S. The van der Waals surface area contributed by atoms with Crippen molar-refractivity contribution in [2.75, 3.05) is 26.3 Å². The van der Waals surface area contributed by atoms with E-state index in [4.69, 9.17) is 4.74 Å². The van der Waals surface area contributed by atoms with Gasteiger partial charge < -0.3 is 10.1 Å². The third-order valence-electron chi connectivity index (χ3n) is 4.87. The summed E-state index contributed by atoms with van der Waals surface area (Å²) in [6.07, 6.45) is 8.92. The number of carbonyl (C=O) groups excluding carboxylic acids is 1. The van der Waals surface area contributed by atoms with Gasteiger partial charge in [-0.05, 0) is 36.6 Å². The summed E-state index contributed by atoms with van der Waals surface area (Å²) in [5.41, 5.74) is 0.796. The molecule has 0 bridgehead atoms. The highest BCUT2D eigenvalue weighted by Gasteiger charge is 2.25. The van der Waals surface area contributed by atoms with Gasteiger partial charge in [0.25, 0.3) is 0 Å². The summed E-state index contributed by atoms with van der Waals surface area (Å²) in [6.45, 7) is 1.61. The first-order chi connectivity index (χ1) is 12.6. The average Bonchev–Trinajstić information content (AvgIpc) is 2.68. The largest absolute Gasteiger partial charge is 0.379 e. The molecule has 0 aromatic heterocycles. The van der Waals surface area contributed by atoms with Gasteiger partial charge in [-0.15, -0.1) is 0 Å². The van der Waals surface area contributed by atoms with E-state index in [1.54, 1.807) is 30.3 Å². The Morgan fingerprint density at radius 2 is 1.73 bits per heavy atom. The Morgan fingerprint density at radius 3 is 2.38 bits per heavy atom. The number of benzene rings is 1. The molecule has 1 aliphatic heterocycles. The second-order valence-electron chi connectivity index (χ2n) is 6.76. The topological polar surface area (TPSA) is 75.7 Å². The number of hydrogen-bond donors (Lipinski definition) is 1. The van der Waals surface area contributed by atoms with Crippen LogP contribution >= 0.6 is 0 Å². The molecule has 6 nitrogen and oxygen atoms in total. The second-order valence-corrected chi connectivity index (χ2v) is 8.70. The molecule has 2 aliphatic rings. The number of nitrogens with one attached hydrogen (secondary N) is 1. The molecule has 0 spiro atoms. The highest BCUT2D eigenvalue weighted by molar-refractivity contribution is 7.89. The monoisotopic (exact) mass is 378 g/mol. The quantitative estimate of drug-likeness (QED) is 0.797. The molecule has 7 heteroatoms. The van der Waals surface area contributed by atoms with Crippen molar-refractivity contribution in [1.82, 2.24) is 9.62 Å². The number of amides is 1. The molecule has 1 saturated carbocycles. The minimum Gasteiger partial charge on any atom is -0.379 e. The molecule has 1 aromatic rings. The lowest BCUT2D eigenvalue weighted by atomic mass is 9.95. The van der Waals surface area contributed by atoms with Crippen molar-refractivity contribution < 1.29 is 17.9 Å². The molecule has 1 N–H and O–H groups in total. The van der Waals surface area contributed by atoms with Crippen LogP contribution in [-0.2, 0) is 19.6 Å². The first-order valence-electron chi connectivity index (χ1n) is 9.22. The van der Waals surface area contributed by atoms with Crippen molar-refractivity contribution in [3.8, 4) is 0 Å². The van der Waals surface area contributed by atoms with Crippen LogP contribution in [-0.4, -0.2) is 51.0 Å². The fourth-order valence-electron chi connectivity index (χ4n) is 3.36. The highest BCUT2D eigenvalue weighted by atomic mass is 32.2. The van der Waals surface area contributed by atoms with Gasteiger partial charge in [0, 0.05) is 25.2 Å². The zero-order chi connectivity index (χ0) is 18.4. The second kappa shape index (κ2) is 8.79. The van der Waals surface area contributed by atoms with Gasteiger partial charge in [-0.25, -0.2) is 8.42 Å². The molecule has 2 fully saturated rings. The summed E-state index contributed by atoms with van der Waals surface area (Å²) in [6, 6.07) is 6.89. The summed E-state index contributed by atoms with van der Waals surface area (Å²) < 4.78 is 31.8. The van der Waals surface area contributed by atoms with Crippen LogP contribution in [0.4, 0.5) is 0 Å². The molecule has 1 aromatic carbocycles. The van der Waals surface area contributed by atoms with E-state index in [-0.39, 0.29) is 16.8 Å². The molecule has 1 saturated heterocycles. The van der Waals surface area contributed by atoms with Crippen molar-refractivity contribution in [2.45, 2.75) is 43.0 Å². The lowest BCUT2D eigenvalue weighted by Gasteiger charge is -2.26. The standard InChI is InChI=1S/C19H26N2O4S/c22-19(20-17-4-2-1-3-5-17)11-8-16-6-9-18(10-7-16)26(23,24)21-12-14-25-15-13-21/h6-11,17H,1-5,12-15H2,(H,20,22)/b11-8+. The van der Waals surface area contributed by atoms with Gasteiger partial charge >= 0.3 is 0 Å². The SMILES string of the molecule is O=C(/C=C/c1ccc(S(=O)(=O)N2CCOCC2)cc1)NC1CCCCC1. The van der Waals surface area contributed by atoms with E-state index in [1.165, 1.54) is 29.6 Å². The van der Waals surface area contributed by atoms with Crippen LogP contribution in [0.2, 0.25) is 0 Å². The van der Waals surface area contributed by atoms with Gasteiger partial charge in [0.1, 0.15) is 0 Å². The summed E-state index contributed by atoms with van der Waals surface area (Å²) >= 11 is 0. The molecule has 26 heavy (non-hydrogen) atoms. The fourth-order valence-corrected chi connectivity index (χ4v) is 4.76. The van der Waals surface area contributed by atoms with Crippen molar-refractivity contribution in [2.24, 2.45) is 0 Å². The van der Waals surface area contributed by atoms with E-state index in [2.05, 4.69) is 5.32 Å². The van der Waals surface area contributed by atoms with Crippen LogP contribution in [0.15, 0.2) is 35.2 Å². The van der Waals surface area contributed by atoms with Gasteiger partial charge in [0.2, 0.25) is 15.9 Å². The number of nitrogens with zero attached hydrogens (tertiary/aromatic N) is 1. The van der Waals surface area contributed by atoms with Crippen LogP contribution in [0.3, 0.4) is 0 Å². The fraction of sp³-hybridized carbons (Fsp3) is 0.526. The van der Waals surface area contributed by atoms with Crippen LogP contribution in [0.25, 0.3) is 6.08 Å². The third kappa shape index (κ3) is 4.93. The summed E-state index contributed by atoms with van der Waals surface area (Å²) in [4.78, 5) is 12.3. The molecule has 1 heterocycles. The van der Waals surface area contributed by atoms with Gasteiger partial charge in [0.15, 0.2) is 0 Å². The molecule has 1 aliphatic carbocycles. The lowest BCUT2D eigenvalue weighted by Crippen LogP contribution is -2.40. The van der Waals surface area contributed by atoms with Crippen LogP contribution in [0.1, 0.15) is 37.7 Å². The van der Waals surface area contributed by atoms with Gasteiger partial charge in [-0.3, -0.25) is 4.79 Å². The average molecular weight is 378 g/mol. The van der Waals surface area contributed by atoms with E-state index < -0.39 is 10.0 Å². The Kier molecular flexibility index (Phi) is 6.45. The van der Waals surface area contributed by atoms with Gasteiger partial charge in [0.05, 0.1) is 18.1 Å². The summed E-state index contributed by atoms with van der Waals surface area (Å²) in [5, 5.41) is 3.03. The molecule has 1 amide bonds. The Bertz CT molecular complexity index is 731. The van der Waals surface area contributed by atoms with Crippen molar-refractivity contribution in [1.29, 1.82) is 0 Å². The zero-order valence-electron chi connectivity index (χ0n) is 14.9. The number of morpholine rings is 1. The molecule has 3 rings (SSSR count). The van der Waals surface area contributed by atoms with E-state index >= 15 is 0 Å². The maximum absolute atomic E-state index is 12.6. The maximum Gasteiger partial charge on any atom is 0.244 e. The Labute approximate surface area is 155 Å². The van der Waals surface area contributed by atoms with E-state index in [0.29, 0.717) is 26.3 Å². The number of carbonyl (C=O) groups is 1. The van der Waals surface area contributed by atoms with Crippen molar-refractivity contribution in [3.05, 3.63) is 35.9 Å². The molecule has 142 valence electrons. The Balaban J connectivity index is 1.59. The van der Waals surface area contributed by atoms with Gasteiger partial charge in [-0.2, -0.15) is 4.31 Å². The van der Waals surface area contributed by atoms with Gasteiger partial charge in [-0.1, -0.05) is 31.4 Å². The minimum absolute atomic E-state index is 0.0954. The van der Waals surface area contributed by atoms with E-state index in [1.807, 2.05) is 0 Å². The molecular weight excluding hydrogens is 352 g/mol. The molecule has 0 atom stereocenters. The molecule has 0 unspecified atom stereocenters.